The molecule has 3 N–H and O–H groups in total. The number of anilines is 1. The minimum atomic E-state index is -0.621. The largest absolute Gasteiger partial charge is 0.488 e. The van der Waals surface area contributed by atoms with Gasteiger partial charge in [-0.15, -0.1) is 0 Å². The lowest BCUT2D eigenvalue weighted by atomic mass is 10.0. The van der Waals surface area contributed by atoms with Crippen molar-refractivity contribution in [2.24, 2.45) is 11.7 Å². The molecule has 0 aromatic heterocycles. The average molecular weight is 580 g/mol. The molecule has 0 saturated heterocycles. The van der Waals surface area contributed by atoms with Gasteiger partial charge in [-0.2, -0.15) is 0 Å². The number of carbonyl (C=O) groups excluding carboxylic acids is 2. The van der Waals surface area contributed by atoms with Crippen LogP contribution >= 0.6 is 0 Å². The van der Waals surface area contributed by atoms with E-state index in [0.29, 0.717) is 23.6 Å². The fourth-order valence-electron chi connectivity index (χ4n) is 4.35. The number of allylic oxidation sites excluding steroid dienone is 2. The number of amides is 1. The normalized spacial score (nSPS) is 11.2. The van der Waals surface area contributed by atoms with Gasteiger partial charge in [0, 0.05) is 29.6 Å². The molecule has 9 nitrogen and oxygen atoms in total. The highest BCUT2D eigenvalue weighted by Gasteiger charge is 2.18. The first-order valence-corrected chi connectivity index (χ1v) is 13.8. The van der Waals surface area contributed by atoms with Crippen molar-refractivity contribution in [1.82, 2.24) is 0 Å². The van der Waals surface area contributed by atoms with Crippen LogP contribution < -0.4 is 20.5 Å². The van der Waals surface area contributed by atoms with Gasteiger partial charge in [-0.05, 0) is 41.7 Å². The molecular formula is C34H33N3O6. The Balaban J connectivity index is 1.61. The Bertz CT molecular complexity index is 1620. The van der Waals surface area contributed by atoms with Crippen LogP contribution in [0.5, 0.6) is 11.5 Å². The van der Waals surface area contributed by atoms with E-state index < -0.39 is 10.8 Å². The maximum absolute atomic E-state index is 13.6. The predicted octanol–water partition coefficient (Wildman–Crippen LogP) is 7.08. The lowest BCUT2D eigenvalue weighted by Crippen LogP contribution is -2.14. The van der Waals surface area contributed by atoms with Crippen molar-refractivity contribution in [3.63, 3.8) is 0 Å². The molecule has 4 rings (SSSR count). The molecule has 0 aliphatic heterocycles. The molecule has 0 spiro atoms. The molecule has 0 saturated carbocycles. The average Bonchev–Trinajstić information content (AvgIpc) is 2.99. The summed E-state index contributed by atoms with van der Waals surface area (Å²) in [4.78, 5) is 36.5. The number of nitrogens with one attached hydrogen (secondary N) is 1. The van der Waals surface area contributed by atoms with Crippen LogP contribution in [0.25, 0.3) is 0 Å². The Morgan fingerprint density at radius 2 is 1.40 bits per heavy atom. The van der Waals surface area contributed by atoms with Gasteiger partial charge in [-0.3, -0.25) is 19.7 Å². The lowest BCUT2D eigenvalue weighted by Gasteiger charge is -2.16. The highest BCUT2D eigenvalue weighted by atomic mass is 16.6. The highest BCUT2D eigenvalue weighted by Crippen LogP contribution is 2.29. The van der Waals surface area contributed by atoms with E-state index in [2.05, 4.69) is 5.32 Å². The monoisotopic (exact) mass is 579 g/mol. The van der Waals surface area contributed by atoms with Crippen LogP contribution in [-0.2, 0) is 13.2 Å². The first kappa shape index (κ1) is 30.5. The zero-order chi connectivity index (χ0) is 30.8. The summed E-state index contributed by atoms with van der Waals surface area (Å²) >= 11 is 0. The third kappa shape index (κ3) is 8.77. The number of rotatable bonds is 14. The van der Waals surface area contributed by atoms with E-state index in [1.54, 1.807) is 18.2 Å². The number of benzene rings is 4. The zero-order valence-electron chi connectivity index (χ0n) is 24.0. The number of ether oxygens (including phenoxy) is 2. The molecule has 9 heteroatoms. The molecule has 0 atom stereocenters. The second kappa shape index (κ2) is 14.5. The minimum Gasteiger partial charge on any atom is -0.488 e. The summed E-state index contributed by atoms with van der Waals surface area (Å²) < 4.78 is 11.8. The van der Waals surface area contributed by atoms with Crippen LogP contribution in [-0.4, -0.2) is 16.6 Å². The van der Waals surface area contributed by atoms with E-state index in [9.17, 15) is 19.7 Å². The van der Waals surface area contributed by atoms with E-state index in [1.807, 2.05) is 74.5 Å². The third-order valence-electron chi connectivity index (χ3n) is 6.40. The minimum absolute atomic E-state index is 0.116. The fourth-order valence-corrected chi connectivity index (χ4v) is 4.35. The Labute approximate surface area is 250 Å². The first-order chi connectivity index (χ1) is 20.7. The Morgan fingerprint density at radius 3 is 1.93 bits per heavy atom. The van der Waals surface area contributed by atoms with Crippen molar-refractivity contribution in [3.8, 4) is 11.5 Å². The predicted molar refractivity (Wildman–Crippen MR) is 165 cm³/mol. The maximum atomic E-state index is 13.6. The molecule has 0 aliphatic rings. The number of hydrogen-bond acceptors (Lipinski definition) is 7. The van der Waals surface area contributed by atoms with Crippen molar-refractivity contribution in [1.29, 1.82) is 0 Å². The number of nitro groups is 1. The van der Waals surface area contributed by atoms with Crippen molar-refractivity contribution in [2.75, 3.05) is 5.32 Å². The van der Waals surface area contributed by atoms with Gasteiger partial charge in [0.25, 0.3) is 11.6 Å². The van der Waals surface area contributed by atoms with Gasteiger partial charge in [-0.25, -0.2) is 0 Å². The standard InChI is InChI=1S/C34H33N3O6/c1-23(2)17-27(36-26-13-15-30(34(35)39)32(19-26)42-21-24-9-5-3-6-10-24)18-31(38)29-16-14-28(37(40)41)20-33(29)43-22-25-11-7-4-8-12-25/h3-16,18-20,23,36H,17,21-22H2,1-2H3,(H2,35,39)/b27-18-. The molecule has 4 aromatic rings. The quantitative estimate of drug-likeness (QED) is 0.0706. The van der Waals surface area contributed by atoms with Gasteiger partial charge >= 0.3 is 0 Å². The molecule has 0 unspecified atom stereocenters. The smallest absolute Gasteiger partial charge is 0.273 e. The number of nitrogens with zero attached hydrogens (tertiary/aromatic N) is 1. The van der Waals surface area contributed by atoms with Gasteiger partial charge < -0.3 is 20.5 Å². The third-order valence-corrected chi connectivity index (χ3v) is 6.40. The van der Waals surface area contributed by atoms with Crippen LogP contribution in [0.3, 0.4) is 0 Å². The van der Waals surface area contributed by atoms with Crippen LogP contribution in [0.4, 0.5) is 11.4 Å². The van der Waals surface area contributed by atoms with Crippen LogP contribution in [0.2, 0.25) is 0 Å². The van der Waals surface area contributed by atoms with Gasteiger partial charge in [0.2, 0.25) is 0 Å². The summed E-state index contributed by atoms with van der Waals surface area (Å²) in [5, 5.41) is 14.7. The molecule has 4 aromatic carbocycles. The molecule has 0 bridgehead atoms. The number of ketones is 1. The van der Waals surface area contributed by atoms with Crippen molar-refractivity contribution >= 4 is 23.1 Å². The number of hydrogen-bond donors (Lipinski definition) is 2. The Kier molecular flexibility index (Phi) is 10.3. The molecule has 0 radical (unpaired) electrons. The number of primary amides is 1. The van der Waals surface area contributed by atoms with E-state index in [4.69, 9.17) is 15.2 Å². The Hall–Kier alpha value is -5.44. The summed E-state index contributed by atoms with van der Waals surface area (Å²) in [5.74, 6) is -0.385. The van der Waals surface area contributed by atoms with Crippen molar-refractivity contribution in [3.05, 3.63) is 141 Å². The molecule has 1 amide bonds. The molecule has 43 heavy (non-hydrogen) atoms. The molecule has 0 heterocycles. The second-order valence-electron chi connectivity index (χ2n) is 10.3. The number of carbonyl (C=O) groups is 2. The summed E-state index contributed by atoms with van der Waals surface area (Å²) in [6, 6.07) is 27.7. The van der Waals surface area contributed by atoms with Gasteiger partial charge in [-0.1, -0.05) is 74.5 Å². The van der Waals surface area contributed by atoms with Gasteiger partial charge in [0.15, 0.2) is 5.78 Å². The van der Waals surface area contributed by atoms with Crippen LogP contribution in [0.15, 0.2) is 109 Å². The lowest BCUT2D eigenvalue weighted by molar-refractivity contribution is -0.384. The highest BCUT2D eigenvalue weighted by molar-refractivity contribution is 6.07. The van der Waals surface area contributed by atoms with Crippen molar-refractivity contribution < 1.29 is 24.0 Å². The van der Waals surface area contributed by atoms with Crippen LogP contribution in [0.1, 0.15) is 52.1 Å². The summed E-state index contributed by atoms with van der Waals surface area (Å²) in [7, 11) is 0. The number of non-ortho nitro benzene ring substituents is 1. The Morgan fingerprint density at radius 1 is 0.837 bits per heavy atom. The summed E-state index contributed by atoms with van der Waals surface area (Å²) in [5.41, 5.74) is 8.82. The maximum Gasteiger partial charge on any atom is 0.273 e. The van der Waals surface area contributed by atoms with E-state index in [-0.39, 0.29) is 47.5 Å². The summed E-state index contributed by atoms with van der Waals surface area (Å²) in [6.07, 6.45) is 1.99. The molecule has 0 fully saturated rings. The number of nitrogens with two attached hydrogens (primary N) is 1. The van der Waals surface area contributed by atoms with E-state index in [1.165, 1.54) is 24.3 Å². The van der Waals surface area contributed by atoms with Crippen molar-refractivity contribution in [2.45, 2.75) is 33.5 Å². The number of nitro benzene ring substituents is 1. The zero-order valence-corrected chi connectivity index (χ0v) is 24.0. The SMILES string of the molecule is CC(C)C/C(=C/C(=O)c1ccc([N+](=O)[O-])cc1OCc1ccccc1)Nc1ccc(C(N)=O)c(OCc2ccccc2)c1. The van der Waals surface area contributed by atoms with Crippen LogP contribution in [0, 0.1) is 16.0 Å². The van der Waals surface area contributed by atoms with Gasteiger partial charge in [0.1, 0.15) is 24.7 Å². The molecule has 220 valence electrons. The first-order valence-electron chi connectivity index (χ1n) is 13.8. The van der Waals surface area contributed by atoms with Gasteiger partial charge in [0.05, 0.1) is 22.1 Å². The second-order valence-corrected chi connectivity index (χ2v) is 10.3. The fraction of sp³-hybridized carbons (Fsp3) is 0.176. The topological polar surface area (TPSA) is 134 Å². The molecule has 0 aliphatic carbocycles. The van der Waals surface area contributed by atoms with E-state index in [0.717, 1.165) is 11.1 Å². The van der Waals surface area contributed by atoms with E-state index >= 15 is 0 Å². The summed E-state index contributed by atoms with van der Waals surface area (Å²) in [6.45, 7) is 4.42. The molecular weight excluding hydrogens is 546 g/mol.